The Labute approximate surface area is 101 Å². The van der Waals surface area contributed by atoms with Gasteiger partial charge in [0.15, 0.2) is 0 Å². The van der Waals surface area contributed by atoms with Gasteiger partial charge in [-0.3, -0.25) is 9.78 Å². The zero-order chi connectivity index (χ0) is 12.9. The molecule has 1 aromatic rings. The van der Waals surface area contributed by atoms with Crippen molar-refractivity contribution < 1.29 is 23.1 Å². The second-order valence-electron chi connectivity index (χ2n) is 2.81. The van der Waals surface area contributed by atoms with Crippen LogP contribution in [0.15, 0.2) is 12.3 Å². The summed E-state index contributed by atoms with van der Waals surface area (Å²) in [6, 6.07) is 0.865. The fraction of sp³-hybridized carbons (Fsp3) is 0.333. The van der Waals surface area contributed by atoms with Crippen LogP contribution in [-0.2, 0) is 11.0 Å². The van der Waals surface area contributed by atoms with Crippen LogP contribution in [0.2, 0.25) is 5.02 Å². The number of hydrogen-bond acceptors (Lipinski definition) is 3. The first kappa shape index (κ1) is 18.0. The van der Waals surface area contributed by atoms with E-state index in [4.69, 9.17) is 21.5 Å². The highest BCUT2D eigenvalue weighted by Gasteiger charge is 2.31. The zero-order valence-corrected chi connectivity index (χ0v) is 9.93. The third-order valence-electron chi connectivity index (χ3n) is 1.35. The van der Waals surface area contributed by atoms with Crippen LogP contribution in [0, 0.1) is 6.92 Å². The highest BCUT2D eigenvalue weighted by molar-refractivity contribution is 6.31. The standard InChI is InChI=1S/C7H5ClF3N.C2H4O2.H3N/c1-4-6(8)2-5(3-12-4)7(9,10)11;1-2(3)4;/h2-3H,1H3;1H3,(H,3,4);1H3. The summed E-state index contributed by atoms with van der Waals surface area (Å²) in [5.41, 5.74) is -0.428. The summed E-state index contributed by atoms with van der Waals surface area (Å²) in [5, 5.41) is 7.45. The fourth-order valence-electron chi connectivity index (χ4n) is 0.661. The van der Waals surface area contributed by atoms with Gasteiger partial charge in [-0.05, 0) is 13.0 Å². The number of carboxylic acids is 1. The molecule has 8 heteroatoms. The normalized spacial score (nSPS) is 9.76. The molecule has 4 nitrogen and oxygen atoms in total. The molecule has 0 aliphatic rings. The van der Waals surface area contributed by atoms with Gasteiger partial charge in [0.05, 0.1) is 16.3 Å². The number of pyridine rings is 1. The smallest absolute Gasteiger partial charge is 0.417 e. The molecule has 0 atom stereocenters. The number of rotatable bonds is 0. The van der Waals surface area contributed by atoms with Crippen molar-refractivity contribution in [3.63, 3.8) is 0 Å². The maximum absolute atomic E-state index is 12.0. The molecule has 1 heterocycles. The molecule has 0 aromatic carbocycles. The number of carboxylic acid groups (broad SMARTS) is 1. The van der Waals surface area contributed by atoms with Crippen LogP contribution in [0.5, 0.6) is 0 Å². The molecule has 0 aliphatic heterocycles. The van der Waals surface area contributed by atoms with Gasteiger partial charge >= 0.3 is 6.18 Å². The maximum Gasteiger partial charge on any atom is 0.417 e. The minimum Gasteiger partial charge on any atom is -0.481 e. The topological polar surface area (TPSA) is 85.2 Å². The number of aromatic nitrogens is 1. The Hall–Kier alpha value is -1.34. The van der Waals surface area contributed by atoms with Crippen molar-refractivity contribution in [2.24, 2.45) is 0 Å². The molecule has 1 aromatic heterocycles. The molecule has 98 valence electrons. The average Bonchev–Trinajstić information content (AvgIpc) is 2.06. The summed E-state index contributed by atoms with van der Waals surface area (Å²) in [5.74, 6) is -0.833. The molecule has 0 unspecified atom stereocenters. The van der Waals surface area contributed by atoms with Crippen molar-refractivity contribution in [2.75, 3.05) is 0 Å². The van der Waals surface area contributed by atoms with Crippen LogP contribution >= 0.6 is 11.6 Å². The Morgan fingerprint density at radius 2 is 1.88 bits per heavy atom. The number of carbonyl (C=O) groups is 1. The van der Waals surface area contributed by atoms with Gasteiger partial charge in [0, 0.05) is 13.1 Å². The summed E-state index contributed by atoms with van der Waals surface area (Å²) in [6.07, 6.45) is -3.61. The van der Waals surface area contributed by atoms with Crippen molar-refractivity contribution in [3.05, 3.63) is 28.5 Å². The SMILES string of the molecule is CC(=O)O.Cc1ncc(C(F)(F)F)cc1Cl.N. The molecule has 0 spiro atoms. The van der Waals surface area contributed by atoms with Crippen LogP contribution in [0.25, 0.3) is 0 Å². The van der Waals surface area contributed by atoms with E-state index in [-0.39, 0.29) is 11.2 Å². The van der Waals surface area contributed by atoms with E-state index in [1.807, 2.05) is 0 Å². The van der Waals surface area contributed by atoms with Gasteiger partial charge in [0.25, 0.3) is 5.97 Å². The van der Waals surface area contributed by atoms with Gasteiger partial charge in [-0.15, -0.1) is 0 Å². The Morgan fingerprint density at radius 1 is 1.47 bits per heavy atom. The third kappa shape index (κ3) is 7.53. The summed E-state index contributed by atoms with van der Waals surface area (Å²) in [7, 11) is 0. The van der Waals surface area contributed by atoms with Crippen molar-refractivity contribution in [2.45, 2.75) is 20.0 Å². The van der Waals surface area contributed by atoms with Crippen LogP contribution in [0.3, 0.4) is 0 Å². The van der Waals surface area contributed by atoms with Crippen LogP contribution in [0.1, 0.15) is 18.2 Å². The van der Waals surface area contributed by atoms with Gasteiger partial charge in [-0.2, -0.15) is 13.2 Å². The van der Waals surface area contributed by atoms with E-state index in [1.165, 1.54) is 0 Å². The lowest BCUT2D eigenvalue weighted by atomic mass is 10.2. The van der Waals surface area contributed by atoms with Gasteiger partial charge in [0.1, 0.15) is 0 Å². The average molecular weight is 273 g/mol. The van der Waals surface area contributed by atoms with E-state index in [1.54, 1.807) is 6.92 Å². The molecule has 4 N–H and O–H groups in total. The summed E-state index contributed by atoms with van der Waals surface area (Å²) in [4.78, 5) is 12.5. The first-order valence-electron chi connectivity index (χ1n) is 4.03. The summed E-state index contributed by atoms with van der Waals surface area (Å²) < 4.78 is 36.0. The van der Waals surface area contributed by atoms with Gasteiger partial charge in [-0.1, -0.05) is 11.6 Å². The molecular weight excluding hydrogens is 261 g/mol. The largest absolute Gasteiger partial charge is 0.481 e. The summed E-state index contributed by atoms with van der Waals surface area (Å²) in [6.45, 7) is 2.63. The minimum absolute atomic E-state index is 0. The number of halogens is 4. The molecule has 0 radical (unpaired) electrons. The van der Waals surface area contributed by atoms with E-state index in [0.29, 0.717) is 5.69 Å². The van der Waals surface area contributed by atoms with E-state index in [0.717, 1.165) is 19.2 Å². The predicted octanol–water partition coefficient (Wildman–Crippen LogP) is 3.32. The fourth-order valence-corrected chi connectivity index (χ4v) is 0.828. The van der Waals surface area contributed by atoms with Gasteiger partial charge in [0.2, 0.25) is 0 Å². The minimum atomic E-state index is -4.37. The Morgan fingerprint density at radius 3 is 2.18 bits per heavy atom. The quantitative estimate of drug-likeness (QED) is 0.759. The van der Waals surface area contributed by atoms with Gasteiger partial charge in [-0.25, -0.2) is 0 Å². The Bertz CT molecular complexity index is 379. The number of nitrogens with zero attached hydrogens (tertiary/aromatic N) is 1. The second kappa shape index (κ2) is 7.08. The zero-order valence-electron chi connectivity index (χ0n) is 9.18. The third-order valence-corrected chi connectivity index (χ3v) is 1.74. The van der Waals surface area contributed by atoms with Crippen molar-refractivity contribution in [1.29, 1.82) is 0 Å². The van der Waals surface area contributed by atoms with Crippen molar-refractivity contribution in [1.82, 2.24) is 11.1 Å². The van der Waals surface area contributed by atoms with Crippen LogP contribution in [-0.4, -0.2) is 16.1 Å². The Balaban J connectivity index is 0. The Kier molecular flexibility index (Phi) is 7.51. The highest BCUT2D eigenvalue weighted by Crippen LogP contribution is 2.30. The predicted molar refractivity (Wildman–Crippen MR) is 57.3 cm³/mol. The number of aryl methyl sites for hydroxylation is 1. The highest BCUT2D eigenvalue weighted by atomic mass is 35.5. The van der Waals surface area contributed by atoms with E-state index >= 15 is 0 Å². The number of aliphatic carboxylic acids is 1. The first-order chi connectivity index (χ1) is 7.14. The van der Waals surface area contributed by atoms with Crippen molar-refractivity contribution >= 4 is 17.6 Å². The molecule has 0 aliphatic carbocycles. The second-order valence-corrected chi connectivity index (χ2v) is 3.22. The molecule has 0 bridgehead atoms. The molecule has 17 heavy (non-hydrogen) atoms. The molecule has 0 fully saturated rings. The maximum atomic E-state index is 12.0. The lowest BCUT2D eigenvalue weighted by Crippen LogP contribution is -2.05. The molecule has 0 saturated carbocycles. The van der Waals surface area contributed by atoms with Crippen LogP contribution in [0.4, 0.5) is 13.2 Å². The van der Waals surface area contributed by atoms with Gasteiger partial charge < -0.3 is 11.3 Å². The number of alkyl halides is 3. The van der Waals surface area contributed by atoms with Crippen molar-refractivity contribution in [3.8, 4) is 0 Å². The molecule has 0 amide bonds. The van der Waals surface area contributed by atoms with E-state index in [9.17, 15) is 13.2 Å². The molecule has 0 saturated heterocycles. The number of hydrogen-bond donors (Lipinski definition) is 2. The monoisotopic (exact) mass is 272 g/mol. The van der Waals surface area contributed by atoms with E-state index < -0.39 is 17.7 Å². The van der Waals surface area contributed by atoms with E-state index in [2.05, 4.69) is 4.98 Å². The van der Waals surface area contributed by atoms with Crippen LogP contribution < -0.4 is 6.15 Å². The lowest BCUT2D eigenvalue weighted by molar-refractivity contribution is -0.138. The summed E-state index contributed by atoms with van der Waals surface area (Å²) >= 11 is 5.46. The molecular formula is C9H12ClF3N2O2. The molecule has 1 rings (SSSR count). The first-order valence-corrected chi connectivity index (χ1v) is 4.41. The lowest BCUT2D eigenvalue weighted by Gasteiger charge is -2.06.